The van der Waals surface area contributed by atoms with E-state index in [2.05, 4.69) is 4.98 Å². The van der Waals surface area contributed by atoms with E-state index in [1.54, 1.807) is 12.3 Å². The van der Waals surface area contributed by atoms with E-state index in [0.29, 0.717) is 18.4 Å². The van der Waals surface area contributed by atoms with Gasteiger partial charge < -0.3 is 9.47 Å². The fourth-order valence-electron chi connectivity index (χ4n) is 1.11. The molecular weight excluding hydrogens is 202 g/mol. The number of aromatic nitrogens is 1. The molecule has 0 amide bonds. The fourth-order valence-corrected chi connectivity index (χ4v) is 1.29. The lowest BCUT2D eigenvalue weighted by Crippen LogP contribution is -2.08. The van der Waals surface area contributed by atoms with Crippen LogP contribution in [0.15, 0.2) is 18.3 Å². The minimum Gasteiger partial charge on any atom is -0.349 e. The summed E-state index contributed by atoms with van der Waals surface area (Å²) in [6.07, 6.45) is 1.30. The van der Waals surface area contributed by atoms with E-state index in [-0.39, 0.29) is 6.29 Å². The Kier molecular flexibility index (Phi) is 4.87. The second kappa shape index (κ2) is 5.96. The van der Waals surface area contributed by atoms with E-state index in [4.69, 9.17) is 21.1 Å². The Hall–Kier alpha value is -0.640. The van der Waals surface area contributed by atoms with E-state index in [1.165, 1.54) is 0 Å². The van der Waals surface area contributed by atoms with E-state index in [1.807, 2.05) is 19.9 Å². The maximum atomic E-state index is 5.77. The van der Waals surface area contributed by atoms with Crippen LogP contribution in [0.4, 0.5) is 0 Å². The second-order valence-electron chi connectivity index (χ2n) is 2.65. The molecule has 3 nitrogen and oxygen atoms in total. The molecule has 4 heteroatoms. The van der Waals surface area contributed by atoms with Crippen molar-refractivity contribution in [3.8, 4) is 0 Å². The largest absolute Gasteiger partial charge is 0.349 e. The van der Waals surface area contributed by atoms with Crippen LogP contribution < -0.4 is 0 Å². The zero-order chi connectivity index (χ0) is 10.4. The van der Waals surface area contributed by atoms with Gasteiger partial charge >= 0.3 is 0 Å². The average molecular weight is 216 g/mol. The molecule has 1 aromatic heterocycles. The van der Waals surface area contributed by atoms with Crippen LogP contribution in [-0.4, -0.2) is 18.2 Å². The van der Waals surface area contributed by atoms with E-state index >= 15 is 0 Å². The van der Waals surface area contributed by atoms with Gasteiger partial charge in [-0.15, -0.1) is 0 Å². The van der Waals surface area contributed by atoms with Gasteiger partial charge in [0, 0.05) is 25.0 Å². The number of pyridine rings is 1. The van der Waals surface area contributed by atoms with Crippen molar-refractivity contribution in [1.82, 2.24) is 4.98 Å². The topological polar surface area (TPSA) is 31.4 Å². The summed E-state index contributed by atoms with van der Waals surface area (Å²) in [7, 11) is 0. The van der Waals surface area contributed by atoms with Crippen LogP contribution in [0.1, 0.15) is 25.7 Å². The molecule has 0 N–H and O–H groups in total. The fraction of sp³-hybridized carbons (Fsp3) is 0.500. The normalized spacial score (nSPS) is 10.9. The molecular formula is C10H14ClNO2. The lowest BCUT2D eigenvalue weighted by atomic mass is 10.2. The molecule has 78 valence electrons. The molecule has 0 aliphatic carbocycles. The Balaban J connectivity index is 2.75. The van der Waals surface area contributed by atoms with Gasteiger partial charge in [0.2, 0.25) is 0 Å². The summed E-state index contributed by atoms with van der Waals surface area (Å²) in [5.41, 5.74) is 0.897. The molecule has 0 spiro atoms. The number of ether oxygens (including phenoxy) is 2. The summed E-state index contributed by atoms with van der Waals surface area (Å²) in [6.45, 7) is 5.05. The van der Waals surface area contributed by atoms with Crippen molar-refractivity contribution in [2.24, 2.45) is 0 Å². The van der Waals surface area contributed by atoms with Crippen LogP contribution in [0.25, 0.3) is 0 Å². The third-order valence-electron chi connectivity index (χ3n) is 1.66. The highest BCUT2D eigenvalue weighted by molar-refractivity contribution is 6.29. The van der Waals surface area contributed by atoms with Gasteiger partial charge in [0.05, 0.1) is 0 Å². The van der Waals surface area contributed by atoms with E-state index < -0.39 is 0 Å². The van der Waals surface area contributed by atoms with E-state index in [0.717, 1.165) is 5.56 Å². The molecule has 1 aromatic rings. The standard InChI is InChI=1S/C10H14ClNO2/c1-3-13-10(14-4-2)8-5-6-12-9(11)7-8/h5-7,10H,3-4H2,1-2H3. The second-order valence-corrected chi connectivity index (χ2v) is 3.04. The highest BCUT2D eigenvalue weighted by atomic mass is 35.5. The maximum Gasteiger partial charge on any atom is 0.183 e. The Morgan fingerprint density at radius 2 is 2.00 bits per heavy atom. The summed E-state index contributed by atoms with van der Waals surface area (Å²) in [5, 5.41) is 0.451. The Labute approximate surface area is 89.0 Å². The first kappa shape index (κ1) is 11.4. The number of nitrogens with zero attached hydrogens (tertiary/aromatic N) is 1. The minimum absolute atomic E-state index is 0.342. The third kappa shape index (κ3) is 3.25. The van der Waals surface area contributed by atoms with Gasteiger partial charge in [-0.05, 0) is 26.0 Å². The molecule has 0 bridgehead atoms. The van der Waals surface area contributed by atoms with Crippen molar-refractivity contribution < 1.29 is 9.47 Å². The molecule has 0 fully saturated rings. The predicted molar refractivity (Wildman–Crippen MR) is 55.2 cm³/mol. The lowest BCUT2D eigenvalue weighted by molar-refractivity contribution is -0.140. The first-order valence-corrected chi connectivity index (χ1v) is 5.00. The van der Waals surface area contributed by atoms with Crippen molar-refractivity contribution in [3.63, 3.8) is 0 Å². The van der Waals surface area contributed by atoms with Gasteiger partial charge in [-0.2, -0.15) is 0 Å². The Morgan fingerprint density at radius 1 is 1.36 bits per heavy atom. The molecule has 0 saturated carbocycles. The molecule has 0 aromatic carbocycles. The summed E-state index contributed by atoms with van der Waals surface area (Å²) in [4.78, 5) is 3.90. The number of hydrogen-bond donors (Lipinski definition) is 0. The molecule has 0 aliphatic heterocycles. The maximum absolute atomic E-state index is 5.77. The van der Waals surface area contributed by atoms with Crippen molar-refractivity contribution in [2.75, 3.05) is 13.2 Å². The highest BCUT2D eigenvalue weighted by Gasteiger charge is 2.11. The molecule has 0 aliphatic rings. The molecule has 0 radical (unpaired) electrons. The number of rotatable bonds is 5. The van der Waals surface area contributed by atoms with Gasteiger partial charge in [-0.3, -0.25) is 0 Å². The lowest BCUT2D eigenvalue weighted by Gasteiger charge is -2.16. The van der Waals surface area contributed by atoms with Gasteiger partial charge in [-0.25, -0.2) is 4.98 Å². The first-order valence-electron chi connectivity index (χ1n) is 4.62. The van der Waals surface area contributed by atoms with Crippen molar-refractivity contribution in [3.05, 3.63) is 29.0 Å². The molecule has 0 saturated heterocycles. The van der Waals surface area contributed by atoms with Crippen LogP contribution in [-0.2, 0) is 9.47 Å². The quantitative estimate of drug-likeness (QED) is 0.559. The smallest absolute Gasteiger partial charge is 0.183 e. The number of hydrogen-bond acceptors (Lipinski definition) is 3. The summed E-state index contributed by atoms with van der Waals surface area (Å²) in [6, 6.07) is 3.58. The van der Waals surface area contributed by atoms with Gasteiger partial charge in [0.25, 0.3) is 0 Å². The van der Waals surface area contributed by atoms with Crippen molar-refractivity contribution >= 4 is 11.6 Å². The predicted octanol–water partition coefficient (Wildman–Crippen LogP) is 2.81. The van der Waals surface area contributed by atoms with Gasteiger partial charge in [0.1, 0.15) is 5.15 Å². The molecule has 0 unspecified atom stereocenters. The SMILES string of the molecule is CCOC(OCC)c1ccnc(Cl)c1. The summed E-state index contributed by atoms with van der Waals surface area (Å²) in [5.74, 6) is 0. The Morgan fingerprint density at radius 3 is 2.50 bits per heavy atom. The summed E-state index contributed by atoms with van der Waals surface area (Å²) < 4.78 is 10.8. The van der Waals surface area contributed by atoms with E-state index in [9.17, 15) is 0 Å². The molecule has 1 heterocycles. The zero-order valence-corrected chi connectivity index (χ0v) is 9.12. The van der Waals surface area contributed by atoms with Gasteiger partial charge in [0.15, 0.2) is 6.29 Å². The first-order chi connectivity index (χ1) is 6.77. The molecule has 0 atom stereocenters. The van der Waals surface area contributed by atoms with Crippen LogP contribution in [0.5, 0.6) is 0 Å². The van der Waals surface area contributed by atoms with Crippen molar-refractivity contribution in [2.45, 2.75) is 20.1 Å². The molecule has 14 heavy (non-hydrogen) atoms. The number of halogens is 1. The average Bonchev–Trinajstić information content (AvgIpc) is 2.17. The third-order valence-corrected chi connectivity index (χ3v) is 1.87. The van der Waals surface area contributed by atoms with Crippen molar-refractivity contribution in [1.29, 1.82) is 0 Å². The minimum atomic E-state index is -0.342. The van der Waals surface area contributed by atoms with Crippen LogP contribution in [0, 0.1) is 0 Å². The Bertz CT molecular complexity index is 275. The highest BCUT2D eigenvalue weighted by Crippen LogP contribution is 2.20. The molecule has 1 rings (SSSR count). The van der Waals surface area contributed by atoms with Crippen LogP contribution in [0.3, 0.4) is 0 Å². The van der Waals surface area contributed by atoms with Crippen LogP contribution >= 0.6 is 11.6 Å². The van der Waals surface area contributed by atoms with Crippen LogP contribution in [0.2, 0.25) is 5.15 Å². The zero-order valence-electron chi connectivity index (χ0n) is 8.37. The van der Waals surface area contributed by atoms with Gasteiger partial charge in [-0.1, -0.05) is 11.6 Å². The summed E-state index contributed by atoms with van der Waals surface area (Å²) >= 11 is 5.77. The monoisotopic (exact) mass is 215 g/mol.